The minimum absolute atomic E-state index is 0.0686. The highest BCUT2D eigenvalue weighted by molar-refractivity contribution is 6.27. The van der Waals surface area contributed by atoms with E-state index in [-0.39, 0.29) is 51.2 Å². The van der Waals surface area contributed by atoms with Gasteiger partial charge in [-0.25, -0.2) is 0 Å². The number of phenols is 2. The molecule has 1 aromatic rings. The molecule has 0 spiro atoms. The Morgan fingerprint density at radius 1 is 1.02 bits per heavy atom. The monoisotopic (exact) mass is 584 g/mol. The molecule has 0 aromatic heterocycles. The second-order valence-electron chi connectivity index (χ2n) is 13.4. The van der Waals surface area contributed by atoms with Gasteiger partial charge < -0.3 is 15.3 Å². The lowest BCUT2D eigenvalue weighted by molar-refractivity contribution is -0.131. The van der Waals surface area contributed by atoms with E-state index in [1.807, 2.05) is 13.8 Å². The van der Waals surface area contributed by atoms with E-state index in [4.69, 9.17) is 0 Å². The van der Waals surface area contributed by atoms with Crippen LogP contribution in [0.1, 0.15) is 86.9 Å². The van der Waals surface area contributed by atoms with Gasteiger partial charge in [-0.3, -0.25) is 19.2 Å². The quantitative estimate of drug-likeness (QED) is 0.287. The molecule has 7 heteroatoms. The normalized spacial score (nSPS) is 31.5. The molecule has 3 fully saturated rings. The number of benzene rings is 1. The van der Waals surface area contributed by atoms with Crippen molar-refractivity contribution in [2.45, 2.75) is 72.3 Å². The van der Waals surface area contributed by atoms with Crippen LogP contribution in [0.4, 0.5) is 0 Å². The number of aliphatic hydroxyl groups is 1. The van der Waals surface area contributed by atoms with Crippen molar-refractivity contribution in [2.24, 2.45) is 28.6 Å². The van der Waals surface area contributed by atoms with Gasteiger partial charge in [-0.15, -0.1) is 0 Å². The molecular weight excluding hydrogens is 544 g/mol. The highest BCUT2D eigenvalue weighted by atomic mass is 16.3. The number of carbonyl (C=O) groups is 4. The number of hydrogen-bond donors (Lipinski definition) is 3. The first-order chi connectivity index (χ1) is 20.2. The second-order valence-corrected chi connectivity index (χ2v) is 13.4. The maximum absolute atomic E-state index is 12.4. The van der Waals surface area contributed by atoms with Gasteiger partial charge in [0, 0.05) is 22.8 Å². The molecule has 5 aliphatic carbocycles. The summed E-state index contributed by atoms with van der Waals surface area (Å²) in [6, 6.07) is 2.29. The van der Waals surface area contributed by atoms with Crippen LogP contribution in [-0.4, -0.2) is 44.6 Å². The number of aliphatic hydroxyl groups excluding tert-OH is 1. The lowest BCUT2D eigenvalue weighted by Crippen LogP contribution is -2.50. The Kier molecular flexibility index (Phi) is 7.84. The Balaban J connectivity index is 0.000000172. The first-order valence-corrected chi connectivity index (χ1v) is 15.0. The van der Waals surface area contributed by atoms with Crippen LogP contribution in [0, 0.1) is 28.6 Å². The molecule has 0 unspecified atom stereocenters. The molecule has 5 aliphatic rings. The van der Waals surface area contributed by atoms with E-state index in [9.17, 15) is 34.5 Å². The van der Waals surface area contributed by atoms with Crippen LogP contribution in [-0.2, 0) is 9.59 Å². The van der Waals surface area contributed by atoms with Crippen LogP contribution < -0.4 is 0 Å². The fourth-order valence-electron chi connectivity index (χ4n) is 8.18. The zero-order chi connectivity index (χ0) is 31.4. The number of ketones is 4. The summed E-state index contributed by atoms with van der Waals surface area (Å²) in [5, 5.41) is 29.5. The maximum Gasteiger partial charge on any atom is 0.196 e. The number of phenolic OH excluding ortho intramolecular Hbond substituents is 2. The molecule has 7 nitrogen and oxygen atoms in total. The number of Topliss-reactive ketones (excluding diaryl/α,β-unsaturated/α-hetero) is 2. The fourth-order valence-corrected chi connectivity index (χ4v) is 8.18. The molecule has 0 heterocycles. The third kappa shape index (κ3) is 5.07. The fraction of sp³-hybridized carbons (Fsp3) is 0.444. The van der Waals surface area contributed by atoms with Gasteiger partial charge >= 0.3 is 0 Å². The highest BCUT2D eigenvalue weighted by Crippen LogP contribution is 2.64. The number of carbonyl (C=O) groups excluding carboxylic acids is 4. The lowest BCUT2D eigenvalue weighted by atomic mass is 9.48. The van der Waals surface area contributed by atoms with Crippen molar-refractivity contribution in [3.8, 4) is 11.5 Å². The van der Waals surface area contributed by atoms with E-state index < -0.39 is 17.7 Å². The van der Waals surface area contributed by atoms with E-state index >= 15 is 0 Å². The van der Waals surface area contributed by atoms with E-state index in [1.165, 1.54) is 0 Å². The van der Waals surface area contributed by atoms with Crippen molar-refractivity contribution in [2.75, 3.05) is 0 Å². The standard InChI is InChI=1S/C20H24O2.C16H16O5/c1-12-10-14-15-4-5-18(22)20(15,3)9-7-16(14)19(2)8-6-13(21)11-17(12)19;1-8(2)3-4-10(17)9-7-13(20)14-11(18)5-6-12(19)15(14)16(9)21/h6,8,11,14-16H,1,4-5,7,9-10H2,2-3H3;3,5-7,10,17-19H,4H2,1-2H3/t14-,15-,16-,19+,20-;10-/m00/s1. The molecule has 0 aliphatic heterocycles. The summed E-state index contributed by atoms with van der Waals surface area (Å²) in [7, 11) is 0. The first kappa shape index (κ1) is 30.6. The molecular formula is C36H40O7. The summed E-state index contributed by atoms with van der Waals surface area (Å²) in [6.07, 6.45) is 12.3. The largest absolute Gasteiger partial charge is 0.507 e. The number of fused-ring (bicyclic) bond motifs is 6. The summed E-state index contributed by atoms with van der Waals surface area (Å²) < 4.78 is 0. The van der Waals surface area contributed by atoms with Crippen molar-refractivity contribution in [1.82, 2.24) is 0 Å². The lowest BCUT2D eigenvalue weighted by Gasteiger charge is -2.56. The van der Waals surface area contributed by atoms with Crippen molar-refractivity contribution < 1.29 is 34.5 Å². The molecule has 43 heavy (non-hydrogen) atoms. The van der Waals surface area contributed by atoms with Crippen LogP contribution >= 0.6 is 0 Å². The van der Waals surface area contributed by atoms with Gasteiger partial charge in [0.25, 0.3) is 0 Å². The van der Waals surface area contributed by atoms with Gasteiger partial charge in [-0.2, -0.15) is 0 Å². The minimum Gasteiger partial charge on any atom is -0.507 e. The minimum atomic E-state index is -1.13. The molecule has 3 saturated carbocycles. The second kappa shape index (κ2) is 11.0. The molecule has 6 rings (SSSR count). The summed E-state index contributed by atoms with van der Waals surface area (Å²) >= 11 is 0. The summed E-state index contributed by atoms with van der Waals surface area (Å²) in [5.74, 6) is 0.134. The Bertz CT molecular complexity index is 1570. The smallest absolute Gasteiger partial charge is 0.196 e. The average Bonchev–Trinajstić information content (AvgIpc) is 3.26. The van der Waals surface area contributed by atoms with Crippen molar-refractivity contribution in [1.29, 1.82) is 0 Å². The Hall–Kier alpha value is -3.84. The summed E-state index contributed by atoms with van der Waals surface area (Å²) in [4.78, 5) is 48.6. The Morgan fingerprint density at radius 2 is 1.70 bits per heavy atom. The molecule has 226 valence electrons. The summed E-state index contributed by atoms with van der Waals surface area (Å²) in [5.41, 5.74) is 2.51. The van der Waals surface area contributed by atoms with Gasteiger partial charge in [0.2, 0.25) is 0 Å². The highest BCUT2D eigenvalue weighted by Gasteiger charge is 2.59. The van der Waals surface area contributed by atoms with E-state index in [0.29, 0.717) is 23.5 Å². The number of rotatable bonds is 3. The molecule has 3 N–H and O–H groups in total. The molecule has 0 radical (unpaired) electrons. The Labute approximate surface area is 252 Å². The van der Waals surface area contributed by atoms with Gasteiger partial charge in [0.15, 0.2) is 17.3 Å². The number of aromatic hydroxyl groups is 2. The third-order valence-corrected chi connectivity index (χ3v) is 10.5. The average molecular weight is 585 g/mol. The first-order valence-electron chi connectivity index (χ1n) is 15.0. The van der Waals surface area contributed by atoms with Gasteiger partial charge in [-0.1, -0.05) is 43.7 Å². The van der Waals surface area contributed by atoms with Crippen LogP contribution in [0.15, 0.2) is 71.4 Å². The van der Waals surface area contributed by atoms with E-state index in [0.717, 1.165) is 67.0 Å². The van der Waals surface area contributed by atoms with Crippen LogP contribution in [0.3, 0.4) is 0 Å². The van der Waals surface area contributed by atoms with Gasteiger partial charge in [0.1, 0.15) is 17.3 Å². The predicted molar refractivity (Wildman–Crippen MR) is 163 cm³/mol. The third-order valence-electron chi connectivity index (χ3n) is 10.5. The summed E-state index contributed by atoms with van der Waals surface area (Å²) in [6.45, 7) is 12.5. The molecule has 1 aromatic carbocycles. The molecule has 0 amide bonds. The zero-order valence-electron chi connectivity index (χ0n) is 25.3. The predicted octanol–water partition coefficient (Wildman–Crippen LogP) is 6.15. The molecule has 0 bridgehead atoms. The van der Waals surface area contributed by atoms with Crippen LogP contribution in [0.2, 0.25) is 0 Å². The van der Waals surface area contributed by atoms with Crippen molar-refractivity contribution in [3.05, 3.63) is 82.5 Å². The van der Waals surface area contributed by atoms with Crippen LogP contribution in [0.25, 0.3) is 0 Å². The Morgan fingerprint density at radius 3 is 2.37 bits per heavy atom. The zero-order valence-corrected chi connectivity index (χ0v) is 25.3. The number of hydrogen-bond acceptors (Lipinski definition) is 7. The number of allylic oxidation sites excluding steroid dienone is 7. The van der Waals surface area contributed by atoms with Gasteiger partial charge in [0.05, 0.1) is 17.2 Å². The topological polar surface area (TPSA) is 129 Å². The van der Waals surface area contributed by atoms with Crippen LogP contribution in [0.5, 0.6) is 11.5 Å². The van der Waals surface area contributed by atoms with E-state index in [1.54, 1.807) is 18.2 Å². The molecule has 0 saturated heterocycles. The van der Waals surface area contributed by atoms with E-state index in [2.05, 4.69) is 26.5 Å². The molecule has 6 atom stereocenters. The SMILES string of the molecule is C=C1C[C@@H]2[C@H](CC[C@]3(C)C(=O)CC[C@@H]23)[C@@]2(C)C=CC(=O)C=C12.CC(C)=CC[C@H](O)C1=CC(=O)c2c(O)ccc(O)c2C1=O. The van der Waals surface area contributed by atoms with Gasteiger partial charge in [-0.05, 0) is 99.6 Å². The maximum atomic E-state index is 12.4. The van der Waals surface area contributed by atoms with Crippen molar-refractivity contribution >= 4 is 23.1 Å². The van der Waals surface area contributed by atoms with Crippen molar-refractivity contribution in [3.63, 3.8) is 0 Å².